The minimum absolute atomic E-state index is 0.702. The van der Waals surface area contributed by atoms with Crippen molar-refractivity contribution in [2.24, 2.45) is 0 Å². The summed E-state index contributed by atoms with van der Waals surface area (Å²) >= 11 is 1.40. The van der Waals surface area contributed by atoms with E-state index >= 15 is 0 Å². The van der Waals surface area contributed by atoms with E-state index in [9.17, 15) is 0 Å². The normalized spacial score (nSPS) is 10.5. The fraction of sp³-hybridized carbons (Fsp3) is 0.368. The van der Waals surface area contributed by atoms with Crippen molar-refractivity contribution >= 4 is 12.0 Å². The van der Waals surface area contributed by atoms with Crippen molar-refractivity contribution in [1.82, 2.24) is 0 Å². The average molecular weight is 332 g/mol. The zero-order chi connectivity index (χ0) is 16.3. The maximum atomic E-state index is 5.95. The minimum atomic E-state index is 0.702. The molecular weight excluding hydrogens is 308 g/mol. The molecule has 2 rings (SSSR count). The van der Waals surface area contributed by atoms with Gasteiger partial charge in [0.15, 0.2) is 0 Å². The SMILES string of the molecule is COc1ccc(CCCOc2ccccc2CCOSC)cc1. The topological polar surface area (TPSA) is 27.7 Å². The van der Waals surface area contributed by atoms with Gasteiger partial charge in [0.05, 0.1) is 20.3 Å². The van der Waals surface area contributed by atoms with Crippen LogP contribution in [0.2, 0.25) is 0 Å². The van der Waals surface area contributed by atoms with Crippen LogP contribution in [0, 0.1) is 0 Å². The zero-order valence-electron chi connectivity index (χ0n) is 13.8. The zero-order valence-corrected chi connectivity index (χ0v) is 14.6. The highest BCUT2D eigenvalue weighted by Crippen LogP contribution is 2.20. The van der Waals surface area contributed by atoms with E-state index in [1.54, 1.807) is 7.11 Å². The summed E-state index contributed by atoms with van der Waals surface area (Å²) in [4.78, 5) is 0. The van der Waals surface area contributed by atoms with Gasteiger partial charge in [-0.2, -0.15) is 0 Å². The van der Waals surface area contributed by atoms with Gasteiger partial charge >= 0.3 is 0 Å². The number of aryl methyl sites for hydroxylation is 1. The molecule has 2 aromatic rings. The van der Waals surface area contributed by atoms with Gasteiger partial charge in [-0.15, -0.1) is 0 Å². The first-order valence-corrected chi connectivity index (χ1v) is 8.97. The highest BCUT2D eigenvalue weighted by Gasteiger charge is 2.03. The van der Waals surface area contributed by atoms with E-state index in [0.29, 0.717) is 13.2 Å². The lowest BCUT2D eigenvalue weighted by atomic mass is 10.1. The Morgan fingerprint density at radius 3 is 2.43 bits per heavy atom. The third-order valence-corrected chi connectivity index (χ3v) is 3.97. The fourth-order valence-electron chi connectivity index (χ4n) is 2.34. The summed E-state index contributed by atoms with van der Waals surface area (Å²) in [7, 11) is 1.69. The molecule has 3 nitrogen and oxygen atoms in total. The smallest absolute Gasteiger partial charge is 0.122 e. The Morgan fingerprint density at radius 1 is 0.913 bits per heavy atom. The molecule has 0 unspecified atom stereocenters. The van der Waals surface area contributed by atoms with Gasteiger partial charge in [0, 0.05) is 12.7 Å². The van der Waals surface area contributed by atoms with Crippen LogP contribution in [0.5, 0.6) is 11.5 Å². The molecule has 0 N–H and O–H groups in total. The molecule has 124 valence electrons. The average Bonchev–Trinajstić information content (AvgIpc) is 2.60. The first-order chi connectivity index (χ1) is 11.3. The molecule has 0 fully saturated rings. The van der Waals surface area contributed by atoms with Crippen molar-refractivity contribution in [3.63, 3.8) is 0 Å². The van der Waals surface area contributed by atoms with Crippen LogP contribution in [-0.4, -0.2) is 26.6 Å². The van der Waals surface area contributed by atoms with Crippen LogP contribution in [0.25, 0.3) is 0 Å². The van der Waals surface area contributed by atoms with E-state index in [1.165, 1.54) is 23.2 Å². The molecule has 0 saturated heterocycles. The van der Waals surface area contributed by atoms with Gasteiger partial charge < -0.3 is 13.7 Å². The number of hydrogen-bond acceptors (Lipinski definition) is 4. The first-order valence-electron chi connectivity index (χ1n) is 7.82. The summed E-state index contributed by atoms with van der Waals surface area (Å²) in [5.74, 6) is 1.86. The van der Waals surface area contributed by atoms with E-state index in [4.69, 9.17) is 13.7 Å². The second-order valence-electron chi connectivity index (χ2n) is 5.15. The van der Waals surface area contributed by atoms with Gasteiger partial charge in [0.2, 0.25) is 0 Å². The summed E-state index contributed by atoms with van der Waals surface area (Å²) in [6.45, 7) is 1.42. The highest BCUT2D eigenvalue weighted by molar-refractivity contribution is 7.93. The first kappa shape index (κ1) is 17.7. The van der Waals surface area contributed by atoms with Gasteiger partial charge in [-0.05, 0) is 54.2 Å². The van der Waals surface area contributed by atoms with E-state index in [-0.39, 0.29) is 0 Å². The molecule has 0 aliphatic carbocycles. The Balaban J connectivity index is 1.77. The molecule has 0 amide bonds. The predicted octanol–water partition coefficient (Wildman–Crippen LogP) is 4.54. The highest BCUT2D eigenvalue weighted by atomic mass is 32.2. The molecule has 23 heavy (non-hydrogen) atoms. The molecule has 0 aliphatic rings. The Hall–Kier alpha value is -1.65. The standard InChI is InChI=1S/C19H24O3S/c1-20-18-11-9-16(10-12-18)6-5-14-21-19-8-4-3-7-17(19)13-15-22-23-2/h3-4,7-12H,5-6,13-15H2,1-2H3. The van der Waals surface area contributed by atoms with Crippen molar-refractivity contribution in [2.75, 3.05) is 26.6 Å². The van der Waals surface area contributed by atoms with Crippen LogP contribution in [0.15, 0.2) is 48.5 Å². The molecule has 0 bridgehead atoms. The summed E-state index contributed by atoms with van der Waals surface area (Å²) in [6.07, 6.45) is 4.79. The lowest BCUT2D eigenvalue weighted by Gasteiger charge is -2.11. The number of ether oxygens (including phenoxy) is 2. The van der Waals surface area contributed by atoms with Crippen molar-refractivity contribution in [3.05, 3.63) is 59.7 Å². The third kappa shape index (κ3) is 6.16. The van der Waals surface area contributed by atoms with Crippen LogP contribution < -0.4 is 9.47 Å². The molecule has 0 radical (unpaired) electrons. The lowest BCUT2D eigenvalue weighted by Crippen LogP contribution is -2.03. The summed E-state index contributed by atoms with van der Waals surface area (Å²) < 4.78 is 16.5. The Kier molecular flexibility index (Phi) is 7.84. The second-order valence-corrected chi connectivity index (χ2v) is 5.72. The monoisotopic (exact) mass is 332 g/mol. The largest absolute Gasteiger partial charge is 0.497 e. The number of methoxy groups -OCH3 is 1. The molecule has 0 saturated carbocycles. The number of hydrogen-bond donors (Lipinski definition) is 0. The van der Waals surface area contributed by atoms with Crippen molar-refractivity contribution in [3.8, 4) is 11.5 Å². The summed E-state index contributed by atoms with van der Waals surface area (Å²) in [5.41, 5.74) is 2.50. The predicted molar refractivity (Wildman–Crippen MR) is 96.4 cm³/mol. The molecule has 0 aromatic heterocycles. The molecule has 0 heterocycles. The number of para-hydroxylation sites is 1. The summed E-state index contributed by atoms with van der Waals surface area (Å²) in [5, 5.41) is 0. The van der Waals surface area contributed by atoms with Crippen LogP contribution in [0.4, 0.5) is 0 Å². The van der Waals surface area contributed by atoms with E-state index < -0.39 is 0 Å². The Morgan fingerprint density at radius 2 is 1.70 bits per heavy atom. The third-order valence-electron chi connectivity index (χ3n) is 3.57. The Labute approximate surface area is 143 Å². The van der Waals surface area contributed by atoms with Crippen LogP contribution in [0.3, 0.4) is 0 Å². The fourth-order valence-corrected chi connectivity index (χ4v) is 2.59. The molecular formula is C19H24O3S. The quantitative estimate of drug-likeness (QED) is 0.471. The van der Waals surface area contributed by atoms with Gasteiger partial charge in [0.25, 0.3) is 0 Å². The van der Waals surface area contributed by atoms with Gasteiger partial charge in [-0.3, -0.25) is 0 Å². The van der Waals surface area contributed by atoms with Gasteiger partial charge in [0.1, 0.15) is 11.5 Å². The molecule has 4 heteroatoms. The molecule has 0 atom stereocenters. The van der Waals surface area contributed by atoms with Crippen molar-refractivity contribution < 1.29 is 13.7 Å². The Bertz CT molecular complexity index is 569. The molecule has 0 spiro atoms. The van der Waals surface area contributed by atoms with E-state index in [1.807, 2.05) is 36.6 Å². The van der Waals surface area contributed by atoms with E-state index in [0.717, 1.165) is 30.8 Å². The number of benzene rings is 2. The molecule has 2 aromatic carbocycles. The maximum Gasteiger partial charge on any atom is 0.122 e. The summed E-state index contributed by atoms with van der Waals surface area (Å²) in [6, 6.07) is 16.4. The van der Waals surface area contributed by atoms with Crippen molar-refractivity contribution in [1.29, 1.82) is 0 Å². The van der Waals surface area contributed by atoms with Crippen LogP contribution in [0.1, 0.15) is 17.5 Å². The number of rotatable bonds is 10. The maximum absolute atomic E-state index is 5.95. The lowest BCUT2D eigenvalue weighted by molar-refractivity contribution is 0.304. The van der Waals surface area contributed by atoms with Crippen LogP contribution in [-0.2, 0) is 17.0 Å². The van der Waals surface area contributed by atoms with Crippen molar-refractivity contribution in [2.45, 2.75) is 19.3 Å². The second kappa shape index (κ2) is 10.2. The van der Waals surface area contributed by atoms with Crippen LogP contribution >= 0.6 is 12.0 Å². The minimum Gasteiger partial charge on any atom is -0.497 e. The molecule has 0 aliphatic heterocycles. The van der Waals surface area contributed by atoms with E-state index in [2.05, 4.69) is 18.2 Å². The van der Waals surface area contributed by atoms with Gasteiger partial charge in [-0.25, -0.2) is 0 Å². The van der Waals surface area contributed by atoms with Gasteiger partial charge in [-0.1, -0.05) is 30.3 Å².